The number of aromatic nitrogens is 1. The molecule has 0 radical (unpaired) electrons. The average molecular weight is 534 g/mol. The van der Waals surface area contributed by atoms with Crippen molar-refractivity contribution in [3.8, 4) is 0 Å². The second-order valence-electron chi connectivity index (χ2n) is 5.47. The summed E-state index contributed by atoms with van der Waals surface area (Å²) in [6.07, 6.45) is 4.88. The molecule has 0 bridgehead atoms. The molecule has 1 heterocycles. The maximum atomic E-state index is 12.0. The van der Waals surface area contributed by atoms with E-state index in [0.717, 1.165) is 36.5 Å². The van der Waals surface area contributed by atoms with E-state index in [9.17, 15) is 4.79 Å². The third-order valence-corrected chi connectivity index (χ3v) is 4.06. The zero-order chi connectivity index (χ0) is 17.9. The van der Waals surface area contributed by atoms with Gasteiger partial charge in [0.25, 0.3) is 5.91 Å². The molecule has 0 aliphatic rings. The van der Waals surface area contributed by atoms with Crippen LogP contribution < -0.4 is 16.0 Å². The van der Waals surface area contributed by atoms with Gasteiger partial charge < -0.3 is 20.5 Å². The monoisotopic (exact) mass is 533 g/mol. The summed E-state index contributed by atoms with van der Waals surface area (Å²) in [6.45, 7) is 3.03. The van der Waals surface area contributed by atoms with Crippen LogP contribution in [0.3, 0.4) is 0 Å². The lowest BCUT2D eigenvalue weighted by Gasteiger charge is -2.12. The molecule has 26 heavy (non-hydrogen) atoms. The SMILES string of the molecule is CN=C(NCCCNC(=O)c1cccc(Br)c1)NCCn1cccc1.I. The Morgan fingerprint density at radius 3 is 2.46 bits per heavy atom. The summed E-state index contributed by atoms with van der Waals surface area (Å²) in [4.78, 5) is 16.2. The molecule has 6 nitrogen and oxygen atoms in total. The maximum Gasteiger partial charge on any atom is 0.251 e. The number of rotatable bonds is 8. The first kappa shape index (κ1) is 22.5. The number of nitrogens with one attached hydrogen (secondary N) is 3. The second-order valence-corrected chi connectivity index (χ2v) is 6.38. The Kier molecular flexibility index (Phi) is 11.0. The lowest BCUT2D eigenvalue weighted by atomic mass is 10.2. The van der Waals surface area contributed by atoms with Gasteiger partial charge >= 0.3 is 0 Å². The molecule has 0 saturated carbocycles. The fourth-order valence-corrected chi connectivity index (χ4v) is 2.67. The number of hydrogen-bond acceptors (Lipinski definition) is 2. The van der Waals surface area contributed by atoms with Crippen LogP contribution in [-0.4, -0.2) is 43.1 Å². The van der Waals surface area contributed by atoms with Crippen molar-refractivity contribution < 1.29 is 4.79 Å². The van der Waals surface area contributed by atoms with E-state index in [-0.39, 0.29) is 29.9 Å². The molecule has 3 N–H and O–H groups in total. The minimum atomic E-state index is -0.0597. The summed E-state index contributed by atoms with van der Waals surface area (Å²) in [7, 11) is 1.75. The fraction of sp³-hybridized carbons (Fsp3) is 0.333. The van der Waals surface area contributed by atoms with Gasteiger partial charge in [-0.05, 0) is 36.8 Å². The number of carbonyl (C=O) groups is 1. The van der Waals surface area contributed by atoms with Gasteiger partial charge in [-0.25, -0.2) is 0 Å². The molecular weight excluding hydrogens is 509 g/mol. The highest BCUT2D eigenvalue weighted by atomic mass is 127. The number of nitrogens with zero attached hydrogens (tertiary/aromatic N) is 2. The van der Waals surface area contributed by atoms with Crippen LogP contribution in [0.1, 0.15) is 16.8 Å². The van der Waals surface area contributed by atoms with E-state index < -0.39 is 0 Å². The van der Waals surface area contributed by atoms with Gasteiger partial charge in [-0.3, -0.25) is 9.79 Å². The van der Waals surface area contributed by atoms with E-state index in [1.54, 1.807) is 13.1 Å². The van der Waals surface area contributed by atoms with Gasteiger partial charge in [-0.2, -0.15) is 0 Å². The highest BCUT2D eigenvalue weighted by Gasteiger charge is 2.04. The Hall–Kier alpha value is -1.55. The fourth-order valence-electron chi connectivity index (χ4n) is 2.27. The number of benzene rings is 1. The molecule has 0 atom stereocenters. The maximum absolute atomic E-state index is 12.0. The summed E-state index contributed by atoms with van der Waals surface area (Å²) in [5.41, 5.74) is 0.657. The van der Waals surface area contributed by atoms with Crippen molar-refractivity contribution >= 4 is 51.8 Å². The Labute approximate surface area is 180 Å². The third kappa shape index (κ3) is 8.22. The van der Waals surface area contributed by atoms with E-state index in [1.165, 1.54) is 0 Å². The molecule has 2 rings (SSSR count). The van der Waals surface area contributed by atoms with Crippen LogP contribution in [0, 0.1) is 0 Å². The molecule has 0 saturated heterocycles. The zero-order valence-corrected chi connectivity index (χ0v) is 18.7. The van der Waals surface area contributed by atoms with Gasteiger partial charge in [0, 0.05) is 55.7 Å². The Balaban J connectivity index is 0.00000338. The lowest BCUT2D eigenvalue weighted by Crippen LogP contribution is -2.40. The molecule has 0 aliphatic carbocycles. The van der Waals surface area contributed by atoms with Gasteiger partial charge in [0.05, 0.1) is 0 Å². The predicted molar refractivity (Wildman–Crippen MR) is 120 cm³/mol. The second kappa shape index (κ2) is 12.7. The summed E-state index contributed by atoms with van der Waals surface area (Å²) >= 11 is 3.37. The van der Waals surface area contributed by atoms with Crippen molar-refractivity contribution in [3.63, 3.8) is 0 Å². The number of hydrogen-bond donors (Lipinski definition) is 3. The molecule has 0 aliphatic heterocycles. The molecule has 142 valence electrons. The van der Waals surface area contributed by atoms with E-state index in [4.69, 9.17) is 0 Å². The van der Waals surface area contributed by atoms with Crippen LogP contribution in [0.4, 0.5) is 0 Å². The first-order chi connectivity index (χ1) is 12.2. The van der Waals surface area contributed by atoms with Crippen LogP contribution in [0.15, 0.2) is 58.3 Å². The van der Waals surface area contributed by atoms with Crippen LogP contribution >= 0.6 is 39.9 Å². The van der Waals surface area contributed by atoms with Crippen LogP contribution in [0.2, 0.25) is 0 Å². The molecule has 1 aromatic heterocycles. The van der Waals surface area contributed by atoms with Gasteiger partial charge in [0.1, 0.15) is 0 Å². The molecule has 0 fully saturated rings. The van der Waals surface area contributed by atoms with Crippen molar-refractivity contribution in [2.45, 2.75) is 13.0 Å². The van der Waals surface area contributed by atoms with Gasteiger partial charge in [-0.1, -0.05) is 22.0 Å². The molecule has 1 amide bonds. The largest absolute Gasteiger partial charge is 0.356 e. The number of amides is 1. The summed E-state index contributed by atoms with van der Waals surface area (Å²) < 4.78 is 3.01. The molecule has 8 heteroatoms. The average Bonchev–Trinajstić information content (AvgIpc) is 3.13. The smallest absolute Gasteiger partial charge is 0.251 e. The third-order valence-electron chi connectivity index (χ3n) is 3.57. The van der Waals surface area contributed by atoms with E-state index in [2.05, 4.69) is 41.4 Å². The molecule has 2 aromatic rings. The minimum Gasteiger partial charge on any atom is -0.356 e. The summed E-state index contributed by atoms with van der Waals surface area (Å²) in [5.74, 6) is 0.709. The Bertz CT molecular complexity index is 691. The topological polar surface area (TPSA) is 70.4 Å². The van der Waals surface area contributed by atoms with Crippen LogP contribution in [0.5, 0.6) is 0 Å². The van der Waals surface area contributed by atoms with Crippen molar-refractivity contribution in [1.29, 1.82) is 0 Å². The minimum absolute atomic E-state index is 0. The molecule has 0 spiro atoms. The normalized spacial score (nSPS) is 10.8. The van der Waals surface area contributed by atoms with Gasteiger partial charge in [0.2, 0.25) is 0 Å². The Morgan fingerprint density at radius 2 is 1.77 bits per heavy atom. The number of guanidine groups is 1. The molecule has 0 unspecified atom stereocenters. The van der Waals surface area contributed by atoms with Crippen LogP contribution in [-0.2, 0) is 6.54 Å². The summed E-state index contributed by atoms with van der Waals surface area (Å²) in [5, 5.41) is 9.42. The van der Waals surface area contributed by atoms with Gasteiger partial charge in [-0.15, -0.1) is 24.0 Å². The van der Waals surface area contributed by atoms with Gasteiger partial charge in [0.15, 0.2) is 5.96 Å². The number of aliphatic imine (C=N–C) groups is 1. The van der Waals surface area contributed by atoms with Crippen LogP contribution in [0.25, 0.3) is 0 Å². The lowest BCUT2D eigenvalue weighted by molar-refractivity contribution is 0.0953. The van der Waals surface area contributed by atoms with Crippen molar-refractivity contribution in [2.75, 3.05) is 26.7 Å². The van der Waals surface area contributed by atoms with E-state index in [0.29, 0.717) is 12.1 Å². The summed E-state index contributed by atoms with van der Waals surface area (Å²) in [6, 6.07) is 11.4. The molecular formula is C18H25BrIN5O. The molecule has 1 aromatic carbocycles. The Morgan fingerprint density at radius 1 is 1.08 bits per heavy atom. The highest BCUT2D eigenvalue weighted by Crippen LogP contribution is 2.11. The standard InChI is InChI=1S/C18H24BrN5O.HI/c1-20-18(23-10-13-24-11-2-3-12-24)22-9-5-8-21-17(25)15-6-4-7-16(19)14-15;/h2-4,6-7,11-12,14H,5,8-10,13H2,1H3,(H,21,25)(H2,20,22,23);1H. The first-order valence-electron chi connectivity index (χ1n) is 8.28. The van der Waals surface area contributed by atoms with Crippen molar-refractivity contribution in [2.24, 2.45) is 4.99 Å². The highest BCUT2D eigenvalue weighted by molar-refractivity contribution is 14.0. The quantitative estimate of drug-likeness (QED) is 0.211. The van der Waals surface area contributed by atoms with E-state index >= 15 is 0 Å². The zero-order valence-electron chi connectivity index (χ0n) is 14.7. The number of carbonyl (C=O) groups excluding carboxylic acids is 1. The first-order valence-corrected chi connectivity index (χ1v) is 9.07. The van der Waals surface area contributed by atoms with E-state index in [1.807, 2.05) is 42.7 Å². The van der Waals surface area contributed by atoms with Crippen molar-refractivity contribution in [1.82, 2.24) is 20.5 Å². The predicted octanol–water partition coefficient (Wildman–Crippen LogP) is 2.85. The van der Waals surface area contributed by atoms with Crippen molar-refractivity contribution in [3.05, 3.63) is 58.8 Å². The number of halogens is 2.